The molecule has 0 unspecified atom stereocenters. The quantitative estimate of drug-likeness (QED) is 0.704. The van der Waals surface area contributed by atoms with Gasteiger partial charge in [0.25, 0.3) is 11.5 Å². The monoisotopic (exact) mass is 375 g/mol. The Morgan fingerprint density at radius 3 is 2.68 bits per heavy atom. The van der Waals surface area contributed by atoms with Gasteiger partial charge in [-0.05, 0) is 29.8 Å². The predicted octanol–water partition coefficient (Wildman–Crippen LogP) is 3.45. The van der Waals surface area contributed by atoms with Crippen LogP contribution in [0.2, 0.25) is 10.0 Å². The van der Waals surface area contributed by atoms with Crippen LogP contribution in [0.5, 0.6) is 0 Å². The van der Waals surface area contributed by atoms with Gasteiger partial charge in [-0.15, -0.1) is 0 Å². The van der Waals surface area contributed by atoms with Gasteiger partial charge < -0.3 is 4.90 Å². The summed E-state index contributed by atoms with van der Waals surface area (Å²) < 4.78 is 1.47. The molecule has 7 heteroatoms. The molecule has 0 saturated heterocycles. The summed E-state index contributed by atoms with van der Waals surface area (Å²) in [6.07, 6.45) is 1.45. The first-order valence-corrected chi connectivity index (χ1v) is 8.27. The fourth-order valence-corrected chi connectivity index (χ4v) is 3.11. The highest BCUT2D eigenvalue weighted by molar-refractivity contribution is 6.38. The molecule has 0 aliphatic heterocycles. The number of carbonyl (C=O) groups is 1. The summed E-state index contributed by atoms with van der Waals surface area (Å²) in [6, 6.07) is 10.3. The zero-order chi connectivity index (χ0) is 18.1. The Kier molecular flexibility index (Phi) is 4.79. The van der Waals surface area contributed by atoms with Gasteiger partial charge in [-0.3, -0.25) is 14.2 Å². The molecule has 5 nitrogen and oxygen atoms in total. The summed E-state index contributed by atoms with van der Waals surface area (Å²) in [7, 11) is 3.39. The number of halogens is 2. The minimum atomic E-state index is -0.237. The predicted molar refractivity (Wildman–Crippen MR) is 99.6 cm³/mol. The average molecular weight is 376 g/mol. The van der Waals surface area contributed by atoms with Crippen LogP contribution in [0.1, 0.15) is 15.9 Å². The van der Waals surface area contributed by atoms with Crippen molar-refractivity contribution in [2.75, 3.05) is 14.1 Å². The van der Waals surface area contributed by atoms with Crippen molar-refractivity contribution in [3.05, 3.63) is 74.3 Å². The van der Waals surface area contributed by atoms with Gasteiger partial charge in [0.05, 0.1) is 28.8 Å². The summed E-state index contributed by atoms with van der Waals surface area (Å²) >= 11 is 12.1. The van der Waals surface area contributed by atoms with E-state index in [4.69, 9.17) is 23.2 Å². The first kappa shape index (κ1) is 17.5. The minimum absolute atomic E-state index is 0.0932. The third-order valence-electron chi connectivity index (χ3n) is 3.78. The maximum atomic E-state index is 12.7. The SMILES string of the molecule is CN(C)C(=O)c1cccc(Cn2cnc3c(Cl)cc(Cl)cc3c2=O)c1. The second kappa shape index (κ2) is 6.86. The molecule has 0 N–H and O–H groups in total. The number of amides is 1. The molecule has 1 aromatic heterocycles. The van der Waals surface area contributed by atoms with Gasteiger partial charge in [-0.1, -0.05) is 35.3 Å². The van der Waals surface area contributed by atoms with E-state index in [1.54, 1.807) is 44.4 Å². The van der Waals surface area contributed by atoms with E-state index in [1.807, 2.05) is 6.07 Å². The van der Waals surface area contributed by atoms with Crippen molar-refractivity contribution < 1.29 is 4.79 Å². The fourth-order valence-electron chi connectivity index (χ4n) is 2.57. The molecular formula is C18H15Cl2N3O2. The summed E-state index contributed by atoms with van der Waals surface area (Å²) in [6.45, 7) is 0.292. The summed E-state index contributed by atoms with van der Waals surface area (Å²) in [5.74, 6) is -0.0932. The van der Waals surface area contributed by atoms with E-state index in [9.17, 15) is 9.59 Å². The number of benzene rings is 2. The average Bonchev–Trinajstić information content (AvgIpc) is 2.57. The Balaban J connectivity index is 2.02. The van der Waals surface area contributed by atoms with Crippen LogP contribution in [-0.2, 0) is 6.54 Å². The van der Waals surface area contributed by atoms with Crippen molar-refractivity contribution >= 4 is 40.0 Å². The Morgan fingerprint density at radius 2 is 1.96 bits per heavy atom. The Labute approximate surface area is 154 Å². The van der Waals surface area contributed by atoms with Crippen LogP contribution in [0.4, 0.5) is 0 Å². The number of aromatic nitrogens is 2. The van der Waals surface area contributed by atoms with E-state index in [0.717, 1.165) is 5.56 Å². The van der Waals surface area contributed by atoms with Gasteiger partial charge in [0.1, 0.15) is 0 Å². The minimum Gasteiger partial charge on any atom is -0.345 e. The maximum Gasteiger partial charge on any atom is 0.261 e. The lowest BCUT2D eigenvalue weighted by molar-refractivity contribution is 0.0827. The molecule has 0 fully saturated rings. The molecule has 0 saturated carbocycles. The molecule has 1 amide bonds. The maximum absolute atomic E-state index is 12.7. The van der Waals surface area contributed by atoms with Crippen molar-refractivity contribution in [3.63, 3.8) is 0 Å². The summed E-state index contributed by atoms with van der Waals surface area (Å²) in [4.78, 5) is 30.5. The summed E-state index contributed by atoms with van der Waals surface area (Å²) in [5.41, 5.74) is 1.57. The summed E-state index contributed by atoms with van der Waals surface area (Å²) in [5, 5.41) is 1.08. The molecule has 0 aliphatic rings. The lowest BCUT2D eigenvalue weighted by atomic mass is 10.1. The van der Waals surface area contributed by atoms with E-state index in [0.29, 0.717) is 33.1 Å². The normalized spacial score (nSPS) is 10.9. The lowest BCUT2D eigenvalue weighted by Gasteiger charge is -2.12. The van der Waals surface area contributed by atoms with Crippen LogP contribution < -0.4 is 5.56 Å². The van der Waals surface area contributed by atoms with Crippen LogP contribution in [0.25, 0.3) is 10.9 Å². The van der Waals surface area contributed by atoms with Gasteiger partial charge in [-0.25, -0.2) is 4.98 Å². The third-order valence-corrected chi connectivity index (χ3v) is 4.29. The number of hydrogen-bond donors (Lipinski definition) is 0. The van der Waals surface area contributed by atoms with Gasteiger partial charge in [-0.2, -0.15) is 0 Å². The van der Waals surface area contributed by atoms with E-state index < -0.39 is 0 Å². The molecule has 2 aromatic carbocycles. The second-order valence-corrected chi connectivity index (χ2v) is 6.70. The van der Waals surface area contributed by atoms with Crippen LogP contribution in [0.15, 0.2) is 47.5 Å². The molecule has 25 heavy (non-hydrogen) atoms. The zero-order valence-electron chi connectivity index (χ0n) is 13.7. The molecule has 0 aliphatic carbocycles. The van der Waals surface area contributed by atoms with Gasteiger partial charge in [0.15, 0.2) is 0 Å². The second-order valence-electron chi connectivity index (χ2n) is 5.86. The molecule has 3 rings (SSSR count). The molecule has 128 valence electrons. The van der Waals surface area contributed by atoms with Crippen LogP contribution >= 0.6 is 23.2 Å². The van der Waals surface area contributed by atoms with Crippen molar-refractivity contribution in [1.82, 2.24) is 14.5 Å². The van der Waals surface area contributed by atoms with E-state index in [1.165, 1.54) is 15.8 Å². The van der Waals surface area contributed by atoms with Crippen molar-refractivity contribution in [3.8, 4) is 0 Å². The molecule has 0 radical (unpaired) electrons. The highest BCUT2D eigenvalue weighted by Crippen LogP contribution is 2.24. The zero-order valence-corrected chi connectivity index (χ0v) is 15.2. The standard InChI is InChI=1S/C18H15Cl2N3O2/c1-22(2)17(24)12-5-3-4-11(6-12)9-23-10-21-16-14(18(23)25)7-13(19)8-15(16)20/h3-8,10H,9H2,1-2H3. The molecular weight excluding hydrogens is 361 g/mol. The Morgan fingerprint density at radius 1 is 1.20 bits per heavy atom. The number of rotatable bonds is 3. The first-order valence-electron chi connectivity index (χ1n) is 7.51. The third kappa shape index (κ3) is 3.52. The number of fused-ring (bicyclic) bond motifs is 1. The number of carbonyl (C=O) groups excluding carboxylic acids is 1. The van der Waals surface area contributed by atoms with Crippen LogP contribution in [0, 0.1) is 0 Å². The number of hydrogen-bond acceptors (Lipinski definition) is 3. The topological polar surface area (TPSA) is 55.2 Å². The largest absolute Gasteiger partial charge is 0.345 e. The highest BCUT2D eigenvalue weighted by Gasteiger charge is 2.11. The van der Waals surface area contributed by atoms with E-state index >= 15 is 0 Å². The van der Waals surface area contributed by atoms with Gasteiger partial charge in [0.2, 0.25) is 0 Å². The van der Waals surface area contributed by atoms with E-state index in [2.05, 4.69) is 4.98 Å². The Bertz CT molecular complexity index is 1030. The van der Waals surface area contributed by atoms with E-state index in [-0.39, 0.29) is 11.5 Å². The van der Waals surface area contributed by atoms with Crippen molar-refractivity contribution in [1.29, 1.82) is 0 Å². The highest BCUT2D eigenvalue weighted by atomic mass is 35.5. The molecule has 0 atom stereocenters. The smallest absolute Gasteiger partial charge is 0.261 e. The molecule has 0 bridgehead atoms. The Hall–Kier alpha value is -2.37. The molecule has 3 aromatic rings. The molecule has 1 heterocycles. The first-order chi connectivity index (χ1) is 11.9. The lowest BCUT2D eigenvalue weighted by Crippen LogP contribution is -2.23. The van der Waals surface area contributed by atoms with Crippen molar-refractivity contribution in [2.24, 2.45) is 0 Å². The van der Waals surface area contributed by atoms with Gasteiger partial charge >= 0.3 is 0 Å². The van der Waals surface area contributed by atoms with Crippen LogP contribution in [0.3, 0.4) is 0 Å². The fraction of sp³-hybridized carbons (Fsp3) is 0.167. The van der Waals surface area contributed by atoms with Crippen molar-refractivity contribution in [2.45, 2.75) is 6.54 Å². The van der Waals surface area contributed by atoms with Gasteiger partial charge in [0, 0.05) is 24.7 Å². The van der Waals surface area contributed by atoms with Crippen LogP contribution in [-0.4, -0.2) is 34.5 Å². The number of nitrogens with zero attached hydrogens (tertiary/aromatic N) is 3. The molecule has 0 spiro atoms.